The molecule has 124 valence electrons. The molecular weight excluding hydrogens is 312 g/mol. The lowest BCUT2D eigenvalue weighted by atomic mass is 10.1. The van der Waals surface area contributed by atoms with Crippen molar-refractivity contribution in [2.45, 2.75) is 32.8 Å². The molecule has 0 aliphatic rings. The largest absolute Gasteiger partial charge is 0.488 e. The molecule has 0 unspecified atom stereocenters. The third-order valence-electron chi connectivity index (χ3n) is 2.91. The number of carbonyl (C=O) groups is 1. The molecule has 4 nitrogen and oxygen atoms in total. The van der Waals surface area contributed by atoms with Crippen LogP contribution in [0.2, 0.25) is 0 Å². The van der Waals surface area contributed by atoms with Crippen LogP contribution in [-0.2, 0) is 11.2 Å². The average Bonchev–Trinajstić information content (AvgIpc) is 2.42. The Morgan fingerprint density at radius 2 is 1.61 bits per heavy atom. The molecule has 2 rings (SSSR count). The zero-order valence-corrected chi connectivity index (χ0v) is 14.4. The number of carbonyl (C=O) groups excluding carboxylic acids is 1. The van der Waals surface area contributed by atoms with Gasteiger partial charge in [-0.3, -0.25) is 4.79 Å². The van der Waals surface area contributed by atoms with E-state index in [1.807, 2.05) is 57.2 Å². The summed E-state index contributed by atoms with van der Waals surface area (Å²) in [5.74, 6) is 0.721. The van der Waals surface area contributed by atoms with Crippen LogP contribution in [0.5, 0.6) is 5.75 Å². The van der Waals surface area contributed by atoms with Crippen LogP contribution in [-0.4, -0.2) is 11.5 Å². The minimum Gasteiger partial charge on any atom is -0.488 e. The second kappa shape index (κ2) is 7.88. The first-order valence-corrected chi connectivity index (χ1v) is 7.25. The van der Waals surface area contributed by atoms with Crippen molar-refractivity contribution in [2.24, 2.45) is 0 Å². The lowest BCUT2D eigenvalue weighted by Gasteiger charge is -2.21. The summed E-state index contributed by atoms with van der Waals surface area (Å²) in [6, 6.07) is 14.7. The molecule has 0 atom stereocenters. The van der Waals surface area contributed by atoms with Gasteiger partial charge in [0, 0.05) is 11.4 Å². The third kappa shape index (κ3) is 6.61. The molecule has 0 heterocycles. The Balaban J connectivity index is 0.00000264. The van der Waals surface area contributed by atoms with E-state index in [4.69, 9.17) is 10.5 Å². The molecule has 0 fully saturated rings. The molecule has 2 aromatic rings. The number of rotatable bonds is 4. The number of anilines is 2. The van der Waals surface area contributed by atoms with Crippen molar-refractivity contribution in [1.29, 1.82) is 0 Å². The van der Waals surface area contributed by atoms with Gasteiger partial charge in [0.05, 0.1) is 6.42 Å². The van der Waals surface area contributed by atoms with Gasteiger partial charge in [-0.1, -0.05) is 12.1 Å². The quantitative estimate of drug-likeness (QED) is 0.829. The van der Waals surface area contributed by atoms with Gasteiger partial charge in [0.1, 0.15) is 11.4 Å². The van der Waals surface area contributed by atoms with Crippen molar-refractivity contribution >= 4 is 29.7 Å². The molecule has 3 N–H and O–H groups in total. The summed E-state index contributed by atoms with van der Waals surface area (Å²) >= 11 is 0. The van der Waals surface area contributed by atoms with Gasteiger partial charge in [0.25, 0.3) is 0 Å². The van der Waals surface area contributed by atoms with Crippen molar-refractivity contribution in [3.05, 3.63) is 54.1 Å². The fourth-order valence-corrected chi connectivity index (χ4v) is 1.99. The lowest BCUT2D eigenvalue weighted by molar-refractivity contribution is -0.115. The number of hydrogen-bond acceptors (Lipinski definition) is 3. The predicted molar refractivity (Wildman–Crippen MR) is 97.3 cm³/mol. The molecule has 23 heavy (non-hydrogen) atoms. The number of nitrogen functional groups attached to an aromatic ring is 1. The first-order valence-electron chi connectivity index (χ1n) is 7.25. The maximum atomic E-state index is 12.0. The van der Waals surface area contributed by atoms with Crippen molar-refractivity contribution in [3.63, 3.8) is 0 Å². The average molecular weight is 335 g/mol. The van der Waals surface area contributed by atoms with Crippen molar-refractivity contribution < 1.29 is 9.53 Å². The number of ether oxygens (including phenoxy) is 1. The third-order valence-corrected chi connectivity index (χ3v) is 2.91. The highest BCUT2D eigenvalue weighted by Gasteiger charge is 2.11. The number of halogens is 1. The molecule has 0 saturated carbocycles. The summed E-state index contributed by atoms with van der Waals surface area (Å²) < 4.78 is 5.74. The van der Waals surface area contributed by atoms with Gasteiger partial charge in [-0.05, 0) is 62.7 Å². The SMILES string of the molecule is CC(C)(C)Oc1ccc(NC(=O)Cc2ccc(N)cc2)cc1.Cl. The smallest absolute Gasteiger partial charge is 0.228 e. The molecular formula is C18H23ClN2O2. The minimum atomic E-state index is -0.236. The van der Waals surface area contributed by atoms with Crippen LogP contribution >= 0.6 is 12.4 Å². The Labute approximate surface area is 143 Å². The highest BCUT2D eigenvalue weighted by Crippen LogP contribution is 2.20. The van der Waals surface area contributed by atoms with E-state index < -0.39 is 0 Å². The zero-order chi connectivity index (χ0) is 16.2. The maximum Gasteiger partial charge on any atom is 0.228 e. The molecule has 2 aromatic carbocycles. The normalized spacial score (nSPS) is 10.6. The van der Waals surface area contributed by atoms with E-state index in [9.17, 15) is 4.79 Å². The minimum absolute atomic E-state index is 0. The second-order valence-corrected chi connectivity index (χ2v) is 6.21. The van der Waals surface area contributed by atoms with E-state index in [1.54, 1.807) is 12.1 Å². The van der Waals surface area contributed by atoms with Crippen molar-refractivity contribution in [1.82, 2.24) is 0 Å². The number of nitrogens with two attached hydrogens (primary N) is 1. The summed E-state index contributed by atoms with van der Waals surface area (Å²) in [5, 5.41) is 2.87. The summed E-state index contributed by atoms with van der Waals surface area (Å²) in [4.78, 5) is 12.0. The number of amides is 1. The van der Waals surface area contributed by atoms with Crippen LogP contribution in [0, 0.1) is 0 Å². The summed E-state index contributed by atoms with van der Waals surface area (Å²) in [5.41, 5.74) is 7.76. The molecule has 0 spiro atoms. The van der Waals surface area contributed by atoms with Gasteiger partial charge in [-0.15, -0.1) is 12.4 Å². The Hall–Kier alpha value is -2.20. The van der Waals surface area contributed by atoms with Crippen LogP contribution in [0.25, 0.3) is 0 Å². The van der Waals surface area contributed by atoms with Crippen molar-refractivity contribution in [2.75, 3.05) is 11.1 Å². The zero-order valence-electron chi connectivity index (χ0n) is 13.6. The van der Waals surface area contributed by atoms with Gasteiger partial charge in [-0.25, -0.2) is 0 Å². The molecule has 0 bridgehead atoms. The highest BCUT2D eigenvalue weighted by molar-refractivity contribution is 5.92. The molecule has 0 aliphatic heterocycles. The highest BCUT2D eigenvalue weighted by atomic mass is 35.5. The molecule has 0 radical (unpaired) electrons. The number of benzene rings is 2. The second-order valence-electron chi connectivity index (χ2n) is 6.21. The van der Waals surface area contributed by atoms with E-state index in [0.29, 0.717) is 12.1 Å². The topological polar surface area (TPSA) is 64.3 Å². The van der Waals surface area contributed by atoms with E-state index in [1.165, 1.54) is 0 Å². The van der Waals surface area contributed by atoms with E-state index in [0.717, 1.165) is 17.0 Å². The van der Waals surface area contributed by atoms with Gasteiger partial charge in [0.2, 0.25) is 5.91 Å². The van der Waals surface area contributed by atoms with E-state index >= 15 is 0 Å². The van der Waals surface area contributed by atoms with Gasteiger partial charge in [-0.2, -0.15) is 0 Å². The van der Waals surface area contributed by atoms with Crippen LogP contribution in [0.3, 0.4) is 0 Å². The Morgan fingerprint density at radius 3 is 2.13 bits per heavy atom. The standard InChI is InChI=1S/C18H22N2O2.ClH/c1-18(2,3)22-16-10-8-15(9-11-16)20-17(21)12-13-4-6-14(19)7-5-13;/h4-11H,12,19H2,1-3H3,(H,20,21);1H. The fourth-order valence-electron chi connectivity index (χ4n) is 1.99. The van der Waals surface area contributed by atoms with E-state index in [2.05, 4.69) is 5.32 Å². The molecule has 0 saturated heterocycles. The molecule has 1 amide bonds. The Bertz CT molecular complexity index is 632. The fraction of sp³-hybridized carbons (Fsp3) is 0.278. The number of nitrogens with one attached hydrogen (secondary N) is 1. The van der Waals surface area contributed by atoms with Crippen LogP contribution in [0.15, 0.2) is 48.5 Å². The van der Waals surface area contributed by atoms with Crippen LogP contribution < -0.4 is 15.8 Å². The Kier molecular flexibility index (Phi) is 6.46. The lowest BCUT2D eigenvalue weighted by Crippen LogP contribution is -2.22. The van der Waals surface area contributed by atoms with E-state index in [-0.39, 0.29) is 23.9 Å². The summed E-state index contributed by atoms with van der Waals surface area (Å²) in [7, 11) is 0. The monoisotopic (exact) mass is 334 g/mol. The maximum absolute atomic E-state index is 12.0. The van der Waals surface area contributed by atoms with Gasteiger partial charge < -0.3 is 15.8 Å². The van der Waals surface area contributed by atoms with Crippen molar-refractivity contribution in [3.8, 4) is 5.75 Å². The first kappa shape index (κ1) is 18.8. The predicted octanol–water partition coefficient (Wildman–Crippen LogP) is 4.05. The molecule has 0 aliphatic carbocycles. The number of hydrogen-bond donors (Lipinski definition) is 2. The van der Waals surface area contributed by atoms with Gasteiger partial charge in [0.15, 0.2) is 0 Å². The van der Waals surface area contributed by atoms with Gasteiger partial charge >= 0.3 is 0 Å². The first-order chi connectivity index (χ1) is 10.3. The summed E-state index contributed by atoms with van der Waals surface area (Å²) in [6.45, 7) is 5.99. The molecule has 5 heteroatoms. The van der Waals surface area contributed by atoms with Crippen LogP contribution in [0.4, 0.5) is 11.4 Å². The summed E-state index contributed by atoms with van der Waals surface area (Å²) in [6.07, 6.45) is 0.320. The van der Waals surface area contributed by atoms with Crippen LogP contribution in [0.1, 0.15) is 26.3 Å². The Morgan fingerprint density at radius 1 is 1.04 bits per heavy atom. The molecule has 0 aromatic heterocycles.